The van der Waals surface area contributed by atoms with Gasteiger partial charge in [-0.25, -0.2) is 0 Å². The first-order chi connectivity index (χ1) is 9.59. The van der Waals surface area contributed by atoms with Gasteiger partial charge in [0.15, 0.2) is 0 Å². The zero-order valence-electron chi connectivity index (χ0n) is 11.8. The van der Waals surface area contributed by atoms with E-state index in [1.807, 2.05) is 22.8 Å². The van der Waals surface area contributed by atoms with Crippen molar-refractivity contribution in [2.75, 3.05) is 25.4 Å². The van der Waals surface area contributed by atoms with Crippen LogP contribution in [-0.2, 0) is 0 Å². The SMILES string of the molecule is CC(C)n1c(O)c(C2=NCCNC2)c2cc(N)ccc21. The van der Waals surface area contributed by atoms with Crippen LogP contribution in [0.3, 0.4) is 0 Å². The molecule has 0 aliphatic carbocycles. The predicted molar refractivity (Wildman–Crippen MR) is 82.7 cm³/mol. The quantitative estimate of drug-likeness (QED) is 0.731. The summed E-state index contributed by atoms with van der Waals surface area (Å²) >= 11 is 0. The van der Waals surface area contributed by atoms with E-state index in [1.54, 1.807) is 0 Å². The third-order valence-corrected chi connectivity index (χ3v) is 3.69. The molecule has 20 heavy (non-hydrogen) atoms. The third kappa shape index (κ3) is 1.94. The Morgan fingerprint density at radius 1 is 1.40 bits per heavy atom. The molecule has 0 saturated heterocycles. The summed E-state index contributed by atoms with van der Waals surface area (Å²) in [6.07, 6.45) is 0. The van der Waals surface area contributed by atoms with Crippen molar-refractivity contribution < 1.29 is 5.11 Å². The molecule has 0 unspecified atom stereocenters. The zero-order valence-corrected chi connectivity index (χ0v) is 11.8. The predicted octanol–water partition coefficient (Wildman–Crippen LogP) is 1.90. The van der Waals surface area contributed by atoms with E-state index in [1.165, 1.54) is 0 Å². The smallest absolute Gasteiger partial charge is 0.201 e. The van der Waals surface area contributed by atoms with Crippen LogP contribution >= 0.6 is 0 Å². The lowest BCUT2D eigenvalue weighted by Gasteiger charge is -2.14. The number of hydrogen-bond donors (Lipinski definition) is 3. The average molecular weight is 272 g/mol. The van der Waals surface area contributed by atoms with Crippen LogP contribution < -0.4 is 11.1 Å². The van der Waals surface area contributed by atoms with Gasteiger partial charge in [-0.1, -0.05) is 0 Å². The van der Waals surface area contributed by atoms with Gasteiger partial charge in [0, 0.05) is 30.2 Å². The Kier molecular flexibility index (Phi) is 3.14. The van der Waals surface area contributed by atoms with Crippen molar-refractivity contribution in [2.24, 2.45) is 4.99 Å². The van der Waals surface area contributed by atoms with Crippen LogP contribution in [0.1, 0.15) is 25.5 Å². The second-order valence-electron chi connectivity index (χ2n) is 5.44. The lowest BCUT2D eigenvalue weighted by molar-refractivity contribution is 0.405. The molecule has 1 aliphatic rings. The summed E-state index contributed by atoms with van der Waals surface area (Å²) in [6.45, 7) is 6.42. The monoisotopic (exact) mass is 272 g/mol. The lowest BCUT2D eigenvalue weighted by Crippen LogP contribution is -2.31. The summed E-state index contributed by atoms with van der Waals surface area (Å²) in [6, 6.07) is 5.92. The maximum Gasteiger partial charge on any atom is 0.201 e. The van der Waals surface area contributed by atoms with Crippen LogP contribution in [0.2, 0.25) is 0 Å². The molecular weight excluding hydrogens is 252 g/mol. The highest BCUT2D eigenvalue weighted by Gasteiger charge is 2.22. The van der Waals surface area contributed by atoms with Gasteiger partial charge in [0.25, 0.3) is 0 Å². The standard InChI is InChI=1S/C15H20N4O/c1-9(2)19-13-4-3-10(16)7-11(13)14(15(19)20)12-8-17-5-6-18-12/h3-4,7,9,17,20H,5-6,8,16H2,1-2H3. The lowest BCUT2D eigenvalue weighted by atomic mass is 10.1. The number of rotatable bonds is 2. The fraction of sp³-hybridized carbons (Fsp3) is 0.400. The average Bonchev–Trinajstić information content (AvgIpc) is 2.71. The molecule has 4 N–H and O–H groups in total. The van der Waals surface area contributed by atoms with Gasteiger partial charge in [-0.05, 0) is 32.0 Å². The summed E-state index contributed by atoms with van der Waals surface area (Å²) in [5.74, 6) is 0.281. The molecule has 0 amide bonds. The van der Waals surface area contributed by atoms with Gasteiger partial charge in [-0.2, -0.15) is 0 Å². The topological polar surface area (TPSA) is 75.6 Å². The highest BCUT2D eigenvalue weighted by Crippen LogP contribution is 2.35. The molecule has 0 radical (unpaired) electrons. The molecule has 0 fully saturated rings. The van der Waals surface area contributed by atoms with E-state index in [2.05, 4.69) is 24.2 Å². The minimum Gasteiger partial charge on any atom is -0.494 e. The van der Waals surface area contributed by atoms with Gasteiger partial charge in [-0.3, -0.25) is 4.99 Å². The Bertz CT molecular complexity index is 685. The van der Waals surface area contributed by atoms with Crippen LogP contribution in [-0.4, -0.2) is 35.0 Å². The number of aromatic nitrogens is 1. The van der Waals surface area contributed by atoms with Crippen molar-refractivity contribution in [2.45, 2.75) is 19.9 Å². The Balaban J connectivity index is 2.32. The van der Waals surface area contributed by atoms with Crippen molar-refractivity contribution >= 4 is 22.3 Å². The number of nitrogens with two attached hydrogens (primary N) is 1. The Hall–Kier alpha value is -2.01. The Morgan fingerprint density at radius 3 is 2.85 bits per heavy atom. The Labute approximate surface area is 118 Å². The molecule has 5 heteroatoms. The maximum absolute atomic E-state index is 10.6. The number of anilines is 1. The summed E-state index contributed by atoms with van der Waals surface area (Å²) < 4.78 is 1.93. The first-order valence-electron chi connectivity index (χ1n) is 6.96. The molecule has 5 nitrogen and oxygen atoms in total. The number of aliphatic imine (C=N–C) groups is 1. The number of fused-ring (bicyclic) bond motifs is 1. The van der Waals surface area contributed by atoms with Crippen LogP contribution in [0.25, 0.3) is 10.9 Å². The van der Waals surface area contributed by atoms with E-state index in [4.69, 9.17) is 5.73 Å². The molecule has 1 aromatic carbocycles. The highest BCUT2D eigenvalue weighted by molar-refractivity contribution is 6.15. The fourth-order valence-corrected chi connectivity index (χ4v) is 2.83. The van der Waals surface area contributed by atoms with Gasteiger partial charge in [0.2, 0.25) is 5.88 Å². The molecule has 0 saturated carbocycles. The number of nitrogens with zero attached hydrogens (tertiary/aromatic N) is 2. The number of hydrogen-bond acceptors (Lipinski definition) is 4. The molecule has 2 heterocycles. The van der Waals surface area contributed by atoms with Crippen LogP contribution in [0, 0.1) is 0 Å². The van der Waals surface area contributed by atoms with Crippen molar-refractivity contribution in [3.63, 3.8) is 0 Å². The van der Waals surface area contributed by atoms with E-state index in [9.17, 15) is 5.11 Å². The second-order valence-corrected chi connectivity index (χ2v) is 5.44. The number of nitrogen functional groups attached to an aromatic ring is 1. The maximum atomic E-state index is 10.6. The van der Waals surface area contributed by atoms with Gasteiger partial charge >= 0.3 is 0 Å². The molecule has 0 atom stereocenters. The van der Waals surface area contributed by atoms with E-state index in [0.717, 1.165) is 35.3 Å². The van der Waals surface area contributed by atoms with E-state index < -0.39 is 0 Å². The second kappa shape index (κ2) is 4.83. The van der Waals surface area contributed by atoms with Crippen molar-refractivity contribution in [3.05, 3.63) is 23.8 Å². The van der Waals surface area contributed by atoms with Crippen molar-refractivity contribution in [3.8, 4) is 5.88 Å². The first-order valence-corrected chi connectivity index (χ1v) is 6.96. The summed E-state index contributed by atoms with van der Waals surface area (Å²) in [7, 11) is 0. The van der Waals surface area contributed by atoms with Crippen molar-refractivity contribution in [1.29, 1.82) is 0 Å². The number of aromatic hydroxyl groups is 1. The highest BCUT2D eigenvalue weighted by atomic mass is 16.3. The molecule has 1 aliphatic heterocycles. The minimum atomic E-state index is 0.173. The fourth-order valence-electron chi connectivity index (χ4n) is 2.83. The third-order valence-electron chi connectivity index (χ3n) is 3.69. The van der Waals surface area contributed by atoms with Crippen LogP contribution in [0.15, 0.2) is 23.2 Å². The van der Waals surface area contributed by atoms with Crippen LogP contribution in [0.5, 0.6) is 5.88 Å². The van der Waals surface area contributed by atoms with Gasteiger partial charge in [0.1, 0.15) is 0 Å². The molecule has 106 valence electrons. The number of benzene rings is 1. The molecular formula is C15H20N4O. The van der Waals surface area contributed by atoms with Gasteiger partial charge in [0.05, 0.1) is 23.3 Å². The van der Waals surface area contributed by atoms with E-state index in [0.29, 0.717) is 12.2 Å². The van der Waals surface area contributed by atoms with Gasteiger partial charge < -0.3 is 20.7 Å². The normalized spacial score (nSPS) is 15.8. The molecule has 0 bridgehead atoms. The van der Waals surface area contributed by atoms with E-state index in [-0.39, 0.29) is 11.9 Å². The van der Waals surface area contributed by atoms with Crippen molar-refractivity contribution in [1.82, 2.24) is 9.88 Å². The summed E-state index contributed by atoms with van der Waals surface area (Å²) in [5, 5.41) is 14.9. The summed E-state index contributed by atoms with van der Waals surface area (Å²) in [4.78, 5) is 4.55. The minimum absolute atomic E-state index is 0.173. The first kappa shape index (κ1) is 13.0. The zero-order chi connectivity index (χ0) is 14.3. The molecule has 0 spiro atoms. The van der Waals surface area contributed by atoms with Crippen LogP contribution in [0.4, 0.5) is 5.69 Å². The molecule has 1 aromatic heterocycles. The largest absolute Gasteiger partial charge is 0.494 e. The molecule has 3 rings (SSSR count). The molecule has 2 aromatic rings. The Morgan fingerprint density at radius 2 is 2.20 bits per heavy atom. The van der Waals surface area contributed by atoms with Gasteiger partial charge in [-0.15, -0.1) is 0 Å². The van der Waals surface area contributed by atoms with E-state index >= 15 is 0 Å². The number of nitrogens with one attached hydrogen (secondary N) is 1. The summed E-state index contributed by atoms with van der Waals surface area (Å²) in [5.41, 5.74) is 9.32.